The molecule has 104 valence electrons. The van der Waals surface area contributed by atoms with E-state index in [4.69, 9.17) is 0 Å². The largest absolute Gasteiger partial charge is 0.309 e. The first kappa shape index (κ1) is 13.3. The van der Waals surface area contributed by atoms with Crippen LogP contribution < -0.4 is 5.32 Å². The number of hydrogen-bond acceptors (Lipinski definition) is 2. The Labute approximate surface area is 119 Å². The third-order valence-corrected chi connectivity index (χ3v) is 3.99. The quantitative estimate of drug-likeness (QED) is 0.896. The Kier molecular flexibility index (Phi) is 3.79. The van der Waals surface area contributed by atoms with Gasteiger partial charge in [0.2, 0.25) is 0 Å². The maximum atomic E-state index is 13.0. The molecule has 0 bridgehead atoms. The fourth-order valence-corrected chi connectivity index (χ4v) is 2.93. The van der Waals surface area contributed by atoms with Crippen LogP contribution in [0.2, 0.25) is 0 Å². The van der Waals surface area contributed by atoms with Crippen LogP contribution in [0.3, 0.4) is 0 Å². The van der Waals surface area contributed by atoms with Crippen molar-refractivity contribution in [3.05, 3.63) is 65.7 Å². The average Bonchev–Trinajstić information content (AvgIpc) is 3.27. The topological polar surface area (TPSA) is 24.9 Å². The van der Waals surface area contributed by atoms with Crippen molar-refractivity contribution in [2.45, 2.75) is 25.3 Å². The van der Waals surface area contributed by atoms with Gasteiger partial charge in [-0.2, -0.15) is 0 Å². The highest BCUT2D eigenvalue weighted by Crippen LogP contribution is 2.53. The molecule has 2 aromatic rings. The van der Waals surface area contributed by atoms with Gasteiger partial charge in [0.1, 0.15) is 5.82 Å². The number of benzene rings is 1. The second-order valence-corrected chi connectivity index (χ2v) is 5.35. The standard InChI is InChI=1S/C17H19FN2/c1-2-19-17(16-9-8-13(18)11-20-16)15-10-14(15)12-6-4-3-5-7-12/h3-9,11,14-15,17,19H,2,10H2,1H3. The van der Waals surface area contributed by atoms with Crippen molar-refractivity contribution >= 4 is 0 Å². The summed E-state index contributed by atoms with van der Waals surface area (Å²) >= 11 is 0. The van der Waals surface area contributed by atoms with Crippen LogP contribution >= 0.6 is 0 Å². The van der Waals surface area contributed by atoms with Gasteiger partial charge in [-0.1, -0.05) is 37.3 Å². The van der Waals surface area contributed by atoms with Crippen LogP contribution in [-0.2, 0) is 0 Å². The summed E-state index contributed by atoms with van der Waals surface area (Å²) in [7, 11) is 0. The van der Waals surface area contributed by atoms with E-state index in [0.717, 1.165) is 12.2 Å². The number of rotatable bonds is 5. The lowest BCUT2D eigenvalue weighted by molar-refractivity contribution is 0.473. The summed E-state index contributed by atoms with van der Waals surface area (Å²) in [5, 5.41) is 3.50. The van der Waals surface area contributed by atoms with Crippen LogP contribution in [0.4, 0.5) is 4.39 Å². The molecule has 1 N–H and O–H groups in total. The summed E-state index contributed by atoms with van der Waals surface area (Å²) in [5.74, 6) is 0.863. The lowest BCUT2D eigenvalue weighted by atomic mass is 10.0. The minimum Gasteiger partial charge on any atom is -0.309 e. The van der Waals surface area contributed by atoms with Gasteiger partial charge in [0.05, 0.1) is 17.9 Å². The van der Waals surface area contributed by atoms with Gasteiger partial charge in [-0.05, 0) is 42.5 Å². The van der Waals surface area contributed by atoms with Crippen molar-refractivity contribution in [3.8, 4) is 0 Å². The zero-order valence-electron chi connectivity index (χ0n) is 11.6. The number of hydrogen-bond donors (Lipinski definition) is 1. The van der Waals surface area contributed by atoms with E-state index in [0.29, 0.717) is 11.8 Å². The molecule has 0 amide bonds. The van der Waals surface area contributed by atoms with Crippen molar-refractivity contribution < 1.29 is 4.39 Å². The molecule has 2 nitrogen and oxygen atoms in total. The number of halogens is 1. The van der Waals surface area contributed by atoms with Gasteiger partial charge in [0.15, 0.2) is 0 Å². The molecule has 0 spiro atoms. The fourth-order valence-electron chi connectivity index (χ4n) is 2.93. The Balaban J connectivity index is 1.78. The molecular formula is C17H19FN2. The molecule has 1 aliphatic carbocycles. The van der Waals surface area contributed by atoms with E-state index in [-0.39, 0.29) is 11.9 Å². The smallest absolute Gasteiger partial charge is 0.141 e. The average molecular weight is 270 g/mol. The van der Waals surface area contributed by atoms with Gasteiger partial charge in [0, 0.05) is 0 Å². The minimum atomic E-state index is -0.278. The summed E-state index contributed by atoms with van der Waals surface area (Å²) in [6.07, 6.45) is 2.47. The van der Waals surface area contributed by atoms with Crippen molar-refractivity contribution in [2.24, 2.45) is 5.92 Å². The van der Waals surface area contributed by atoms with E-state index >= 15 is 0 Å². The van der Waals surface area contributed by atoms with Crippen molar-refractivity contribution in [1.82, 2.24) is 10.3 Å². The third-order valence-electron chi connectivity index (χ3n) is 3.99. The minimum absolute atomic E-state index is 0.214. The second kappa shape index (κ2) is 5.71. The SMILES string of the molecule is CCNC(c1ccc(F)cn1)C1CC1c1ccccc1. The molecule has 3 rings (SSSR count). The molecule has 1 fully saturated rings. The molecule has 20 heavy (non-hydrogen) atoms. The summed E-state index contributed by atoms with van der Waals surface area (Å²) < 4.78 is 13.0. The first-order chi connectivity index (χ1) is 9.79. The van der Waals surface area contributed by atoms with E-state index in [2.05, 4.69) is 41.5 Å². The molecular weight excluding hydrogens is 251 g/mol. The van der Waals surface area contributed by atoms with Gasteiger partial charge in [-0.25, -0.2) is 4.39 Å². The van der Waals surface area contributed by atoms with Crippen LogP contribution in [0.5, 0.6) is 0 Å². The highest BCUT2D eigenvalue weighted by Gasteiger charge is 2.44. The molecule has 1 aromatic heterocycles. The molecule has 3 atom stereocenters. The second-order valence-electron chi connectivity index (χ2n) is 5.35. The summed E-state index contributed by atoms with van der Waals surface area (Å²) in [4.78, 5) is 4.25. The fraction of sp³-hybridized carbons (Fsp3) is 0.353. The van der Waals surface area contributed by atoms with Crippen LogP contribution in [-0.4, -0.2) is 11.5 Å². The van der Waals surface area contributed by atoms with Crippen LogP contribution in [0.15, 0.2) is 48.7 Å². The van der Waals surface area contributed by atoms with Gasteiger partial charge < -0.3 is 5.32 Å². The van der Waals surface area contributed by atoms with Gasteiger partial charge in [0.25, 0.3) is 0 Å². The van der Waals surface area contributed by atoms with E-state index in [1.54, 1.807) is 6.07 Å². The zero-order valence-corrected chi connectivity index (χ0v) is 11.6. The molecule has 0 radical (unpaired) electrons. The van der Waals surface area contributed by atoms with Gasteiger partial charge in [-0.3, -0.25) is 4.98 Å². The predicted molar refractivity (Wildman–Crippen MR) is 77.9 cm³/mol. The van der Waals surface area contributed by atoms with Gasteiger partial charge >= 0.3 is 0 Å². The number of aromatic nitrogens is 1. The Morgan fingerprint density at radius 3 is 2.70 bits per heavy atom. The molecule has 1 aromatic carbocycles. The lowest BCUT2D eigenvalue weighted by Crippen LogP contribution is -2.24. The monoisotopic (exact) mass is 270 g/mol. The molecule has 0 aliphatic heterocycles. The maximum Gasteiger partial charge on any atom is 0.141 e. The van der Waals surface area contributed by atoms with Crippen molar-refractivity contribution in [1.29, 1.82) is 0 Å². The summed E-state index contributed by atoms with van der Waals surface area (Å²) in [5.41, 5.74) is 2.33. The first-order valence-corrected chi connectivity index (χ1v) is 7.19. The Bertz CT molecular complexity index is 553. The van der Waals surface area contributed by atoms with Gasteiger partial charge in [-0.15, -0.1) is 0 Å². The molecule has 1 aliphatic rings. The zero-order chi connectivity index (χ0) is 13.9. The van der Waals surface area contributed by atoms with Crippen molar-refractivity contribution in [2.75, 3.05) is 6.54 Å². The first-order valence-electron chi connectivity index (χ1n) is 7.19. The van der Waals surface area contributed by atoms with Crippen LogP contribution in [0.1, 0.15) is 36.6 Å². The number of nitrogens with zero attached hydrogens (tertiary/aromatic N) is 1. The van der Waals surface area contributed by atoms with Crippen molar-refractivity contribution in [3.63, 3.8) is 0 Å². The maximum absolute atomic E-state index is 13.0. The highest BCUT2D eigenvalue weighted by molar-refractivity contribution is 5.28. The number of pyridine rings is 1. The van der Waals surface area contributed by atoms with Crippen LogP contribution in [0, 0.1) is 11.7 Å². The summed E-state index contributed by atoms with van der Waals surface area (Å²) in [6, 6.07) is 14.1. The number of nitrogens with one attached hydrogen (secondary N) is 1. The lowest BCUT2D eigenvalue weighted by Gasteiger charge is -2.17. The molecule has 3 unspecified atom stereocenters. The van der Waals surface area contributed by atoms with E-state index in [9.17, 15) is 4.39 Å². The molecule has 3 heteroatoms. The third kappa shape index (κ3) is 2.73. The molecule has 1 saturated carbocycles. The molecule has 0 saturated heterocycles. The summed E-state index contributed by atoms with van der Waals surface area (Å²) in [6.45, 7) is 2.98. The molecule has 1 heterocycles. The predicted octanol–water partition coefficient (Wildman–Crippen LogP) is 3.68. The Hall–Kier alpha value is -1.74. The van der Waals surface area contributed by atoms with Crippen LogP contribution in [0.25, 0.3) is 0 Å². The van der Waals surface area contributed by atoms with E-state index < -0.39 is 0 Å². The van der Waals surface area contributed by atoms with E-state index in [1.807, 2.05) is 6.07 Å². The normalized spacial score (nSPS) is 22.5. The highest BCUT2D eigenvalue weighted by atomic mass is 19.1. The van der Waals surface area contributed by atoms with E-state index in [1.165, 1.54) is 24.2 Å². The Morgan fingerprint density at radius 1 is 1.25 bits per heavy atom. The Morgan fingerprint density at radius 2 is 2.05 bits per heavy atom.